The third-order valence-corrected chi connectivity index (χ3v) is 18.6. The molecule has 374 valence electrons. The van der Waals surface area contributed by atoms with Crippen molar-refractivity contribution in [2.75, 3.05) is 12.4 Å². The third kappa shape index (κ3) is 9.46. The van der Waals surface area contributed by atoms with Crippen molar-refractivity contribution < 1.29 is 62.7 Å². The van der Waals surface area contributed by atoms with Crippen molar-refractivity contribution >= 4 is 57.2 Å². The number of esters is 4. The van der Waals surface area contributed by atoms with E-state index in [1.165, 1.54) is 19.1 Å². The van der Waals surface area contributed by atoms with Gasteiger partial charge in [-0.2, -0.15) is 0 Å². The normalized spacial score (nSPS) is 31.8. The number of hydrogen-bond donors (Lipinski definition) is 3. The highest BCUT2D eigenvalue weighted by Gasteiger charge is 2.77. The molecule has 4 fully saturated rings. The molecule has 0 aromatic heterocycles. The number of carbonyl (C=O) groups is 6. The number of ether oxygens (including phenoxy) is 5. The van der Waals surface area contributed by atoms with Crippen molar-refractivity contribution in [2.45, 2.75) is 140 Å². The van der Waals surface area contributed by atoms with Crippen LogP contribution < -0.4 is 5.32 Å². The number of aliphatic hydroxyl groups excluding tert-OH is 1. The van der Waals surface area contributed by atoms with Crippen molar-refractivity contribution in [1.82, 2.24) is 5.32 Å². The zero-order valence-electron chi connectivity index (χ0n) is 40.4. The van der Waals surface area contributed by atoms with Crippen LogP contribution in [-0.4, -0.2) is 105 Å². The standard InChI is InChI=1S/C54H63NO13S2/c1-31-38(65-50(62)44(66-41(58)25-17-16-24-37-26-27-69-70-37)43(34-18-10-7-11-19-34)55-48(60)35-20-12-8-13-21-35)29-54(63)47(67-49(61)36-22-14-9-15-23-36)45-52(6,46(59)32(2)42(31)51(54,4)5)39(57)28-40-53(45,30-64-40)68-33(3)56/h7-15,18-23,32,37-40,43-45,47,57,63H,16-17,24-30H2,1-6H3,(H,55,60)/t32-,37?,38+,39+,40?,43+,44-,45+,47+,52-,53+,54-/m1/s1. The molecule has 1 amide bonds. The number of fused-ring (bicyclic) bond motifs is 5. The molecule has 0 radical (unpaired) electrons. The number of nitrogens with one attached hydrogen (secondary N) is 1. The van der Waals surface area contributed by atoms with Gasteiger partial charge in [-0.1, -0.05) is 116 Å². The molecule has 14 nitrogen and oxygen atoms in total. The molecule has 2 heterocycles. The van der Waals surface area contributed by atoms with Gasteiger partial charge in [0.2, 0.25) is 6.10 Å². The summed E-state index contributed by atoms with van der Waals surface area (Å²) in [6.45, 7) is 9.38. The Balaban J connectivity index is 1.22. The first-order valence-corrected chi connectivity index (χ1v) is 26.5. The average Bonchev–Trinajstić information content (AvgIpc) is 3.87. The number of carbonyl (C=O) groups excluding carboxylic acids is 6. The van der Waals surface area contributed by atoms with Gasteiger partial charge in [0, 0.05) is 54.1 Å². The SMILES string of the molecule is CC(=O)O[C@@]12COC1C[C@H](O)[C@@]1(C)C(=O)[C@H](C)C3=C(C)[C@@H](OC(=O)[C@H](OC(=O)CCCCC4CCSS4)[C@@H](NC(=O)c4ccccc4)c4ccccc4)C[C@@](O)([C@@H](OC(=O)c4ccccc4)[C@@H]12)C3(C)C. The van der Waals surface area contributed by atoms with E-state index in [0.29, 0.717) is 33.9 Å². The van der Waals surface area contributed by atoms with Crippen LogP contribution in [0.4, 0.5) is 0 Å². The van der Waals surface area contributed by atoms with Crippen LogP contribution >= 0.6 is 21.6 Å². The molecule has 8 rings (SSSR count). The molecule has 16 heteroatoms. The van der Waals surface area contributed by atoms with Crippen LogP contribution in [0.1, 0.15) is 119 Å². The van der Waals surface area contributed by atoms with Gasteiger partial charge in [0.15, 0.2) is 5.60 Å². The third-order valence-electron chi connectivity index (χ3n) is 15.6. The van der Waals surface area contributed by atoms with Gasteiger partial charge in [0.1, 0.15) is 35.7 Å². The van der Waals surface area contributed by atoms with Crippen molar-refractivity contribution in [2.24, 2.45) is 22.7 Å². The van der Waals surface area contributed by atoms with Crippen LogP contribution in [0.2, 0.25) is 0 Å². The number of hydrogen-bond acceptors (Lipinski definition) is 15. The Kier molecular flexibility index (Phi) is 15.1. The number of amides is 1. The fourth-order valence-corrected chi connectivity index (χ4v) is 15.0. The average molecular weight is 998 g/mol. The maximum Gasteiger partial charge on any atom is 0.350 e. The van der Waals surface area contributed by atoms with Crippen LogP contribution in [0.25, 0.3) is 0 Å². The van der Waals surface area contributed by atoms with E-state index in [1.54, 1.807) is 113 Å². The van der Waals surface area contributed by atoms with Gasteiger partial charge in [0.25, 0.3) is 5.91 Å². The number of rotatable bonds is 15. The largest absolute Gasteiger partial charge is 0.455 e. The summed E-state index contributed by atoms with van der Waals surface area (Å²) < 4.78 is 31.3. The number of Topliss-reactive ketones (excluding diaryl/α,β-unsaturated/α-hetero) is 1. The summed E-state index contributed by atoms with van der Waals surface area (Å²) in [6.07, 6.45) is -4.32. The van der Waals surface area contributed by atoms with Crippen molar-refractivity contribution in [1.29, 1.82) is 0 Å². The highest BCUT2D eigenvalue weighted by Crippen LogP contribution is 2.65. The van der Waals surface area contributed by atoms with Crippen LogP contribution in [0.15, 0.2) is 102 Å². The van der Waals surface area contributed by atoms with Crippen molar-refractivity contribution in [3.8, 4) is 0 Å². The summed E-state index contributed by atoms with van der Waals surface area (Å²) in [5, 5.41) is 29.5. The maximum atomic E-state index is 15.5. The van der Waals surface area contributed by atoms with E-state index in [1.807, 2.05) is 21.6 Å². The first-order chi connectivity index (χ1) is 33.3. The van der Waals surface area contributed by atoms with Gasteiger partial charge in [-0.15, -0.1) is 0 Å². The number of aliphatic hydroxyl groups is 2. The van der Waals surface area contributed by atoms with Gasteiger partial charge in [-0.05, 0) is 74.1 Å². The Labute approximate surface area is 416 Å². The van der Waals surface area contributed by atoms with Crippen LogP contribution in [0.5, 0.6) is 0 Å². The zero-order valence-corrected chi connectivity index (χ0v) is 42.1. The quantitative estimate of drug-likeness (QED) is 0.0439. The van der Waals surface area contributed by atoms with E-state index < -0.39 is 112 Å². The molecule has 2 bridgehead atoms. The first kappa shape index (κ1) is 51.4. The fraction of sp³-hybridized carbons (Fsp3) is 0.519. The minimum Gasteiger partial charge on any atom is -0.455 e. The maximum absolute atomic E-state index is 15.5. The second-order valence-corrected chi connectivity index (χ2v) is 22.9. The van der Waals surface area contributed by atoms with Crippen molar-refractivity contribution in [3.63, 3.8) is 0 Å². The van der Waals surface area contributed by atoms with Crippen LogP contribution in [0.3, 0.4) is 0 Å². The van der Waals surface area contributed by atoms with Gasteiger partial charge in [-0.25, -0.2) is 9.59 Å². The molecule has 3 N–H and O–H groups in total. The summed E-state index contributed by atoms with van der Waals surface area (Å²) in [7, 11) is 3.70. The monoisotopic (exact) mass is 997 g/mol. The highest BCUT2D eigenvalue weighted by molar-refractivity contribution is 8.77. The van der Waals surface area contributed by atoms with Gasteiger partial charge < -0.3 is 39.2 Å². The van der Waals surface area contributed by atoms with Crippen molar-refractivity contribution in [3.05, 3.63) is 119 Å². The van der Waals surface area contributed by atoms with Crippen LogP contribution in [-0.2, 0) is 42.9 Å². The van der Waals surface area contributed by atoms with E-state index in [9.17, 15) is 29.4 Å². The molecule has 3 aromatic rings. The fourth-order valence-electron chi connectivity index (χ4n) is 11.9. The van der Waals surface area contributed by atoms with E-state index in [0.717, 1.165) is 25.0 Å². The highest BCUT2D eigenvalue weighted by atomic mass is 33.1. The number of ketones is 1. The Bertz CT molecular complexity index is 2480. The predicted molar refractivity (Wildman–Crippen MR) is 262 cm³/mol. The van der Waals surface area contributed by atoms with E-state index in [2.05, 4.69) is 5.32 Å². The molecule has 2 aliphatic heterocycles. The summed E-state index contributed by atoms with van der Waals surface area (Å²) in [4.78, 5) is 86.2. The molecule has 0 spiro atoms. The summed E-state index contributed by atoms with van der Waals surface area (Å²) in [5.41, 5.74) is -5.42. The number of benzene rings is 3. The smallest absolute Gasteiger partial charge is 0.350 e. The molecule has 2 saturated heterocycles. The minimum absolute atomic E-state index is 0.00220. The van der Waals surface area contributed by atoms with E-state index in [4.69, 9.17) is 23.7 Å². The molecule has 3 aliphatic carbocycles. The molecule has 5 aliphatic rings. The van der Waals surface area contributed by atoms with Gasteiger partial charge in [0.05, 0.1) is 29.6 Å². The zero-order chi connectivity index (χ0) is 50.2. The summed E-state index contributed by atoms with van der Waals surface area (Å²) in [6, 6.07) is 23.9. The lowest BCUT2D eigenvalue weighted by atomic mass is 9.43. The molecule has 12 atom stereocenters. The van der Waals surface area contributed by atoms with Crippen LogP contribution in [0, 0.1) is 22.7 Å². The summed E-state index contributed by atoms with van der Waals surface area (Å²) >= 11 is 0. The Morgan fingerprint density at radius 3 is 2.14 bits per heavy atom. The Morgan fingerprint density at radius 2 is 1.54 bits per heavy atom. The van der Waals surface area contributed by atoms with Gasteiger partial charge >= 0.3 is 23.9 Å². The molecule has 2 saturated carbocycles. The molecule has 70 heavy (non-hydrogen) atoms. The second-order valence-electron chi connectivity index (χ2n) is 20.1. The Hall–Kier alpha value is -5.00. The topological polar surface area (TPSA) is 201 Å². The number of unbranched alkanes of at least 4 members (excludes halogenated alkanes) is 1. The lowest BCUT2D eigenvalue weighted by Crippen LogP contribution is -2.81. The Morgan fingerprint density at radius 1 is 0.900 bits per heavy atom. The minimum atomic E-state index is -2.23. The predicted octanol–water partition coefficient (Wildman–Crippen LogP) is 7.71. The first-order valence-electron chi connectivity index (χ1n) is 24.2. The summed E-state index contributed by atoms with van der Waals surface area (Å²) in [5.74, 6) is -5.64. The molecular formula is C54H63NO13S2. The molecule has 3 aromatic carbocycles. The van der Waals surface area contributed by atoms with E-state index >= 15 is 9.59 Å². The van der Waals surface area contributed by atoms with E-state index in [-0.39, 0.29) is 25.0 Å². The molecular weight excluding hydrogens is 935 g/mol. The lowest BCUT2D eigenvalue weighted by Gasteiger charge is -2.67. The lowest BCUT2D eigenvalue weighted by molar-refractivity contribution is -0.345. The van der Waals surface area contributed by atoms with Gasteiger partial charge in [-0.3, -0.25) is 19.2 Å². The molecule has 2 unspecified atom stereocenters. The second kappa shape index (κ2) is 20.6.